The molecule has 1 aliphatic rings. The molecule has 4 aromatic rings. The molecule has 0 spiro atoms. The lowest BCUT2D eigenvalue weighted by Crippen LogP contribution is -2.31. The fourth-order valence-electron chi connectivity index (χ4n) is 5.11. The zero-order chi connectivity index (χ0) is 32.3. The average molecular weight is 645 g/mol. The number of rotatable bonds is 14. The summed E-state index contributed by atoms with van der Waals surface area (Å²) in [6.45, 7) is -0.0123. The van der Waals surface area contributed by atoms with Crippen LogP contribution in [0.3, 0.4) is 0 Å². The van der Waals surface area contributed by atoms with Gasteiger partial charge in [-0.25, -0.2) is 0 Å². The maximum absolute atomic E-state index is 12.6. The van der Waals surface area contributed by atoms with Crippen molar-refractivity contribution in [3.63, 3.8) is 0 Å². The summed E-state index contributed by atoms with van der Waals surface area (Å²) in [4.78, 5) is 24.8. The molecule has 0 bridgehead atoms. The molecular weight excluding hydrogens is 604 g/mol. The molecular formula is C34H40N6O5S. The third-order valence-electron chi connectivity index (χ3n) is 7.69. The molecule has 1 fully saturated rings. The second-order valence-corrected chi connectivity index (χ2v) is 12.2. The third-order valence-corrected chi connectivity index (χ3v) is 8.86. The van der Waals surface area contributed by atoms with Crippen molar-refractivity contribution >= 4 is 40.6 Å². The molecule has 242 valence electrons. The van der Waals surface area contributed by atoms with E-state index in [9.17, 15) is 14.7 Å². The highest BCUT2D eigenvalue weighted by atomic mass is 32.2. The average Bonchev–Trinajstić information content (AvgIpc) is 3.49. The number of nitrogens with two attached hydrogens (primary N) is 1. The highest BCUT2D eigenvalue weighted by Gasteiger charge is 2.32. The predicted molar refractivity (Wildman–Crippen MR) is 178 cm³/mol. The number of thioether (sulfide) groups is 1. The van der Waals surface area contributed by atoms with Crippen molar-refractivity contribution in [1.29, 1.82) is 0 Å². The number of unbranched alkanes of at least 4 members (excludes halogenated alkanes) is 2. The number of hydrogen-bond donors (Lipinski definition) is 4. The summed E-state index contributed by atoms with van der Waals surface area (Å²) in [6.07, 6.45) is 4.32. The summed E-state index contributed by atoms with van der Waals surface area (Å²) in [7, 11) is 1.91. The molecule has 46 heavy (non-hydrogen) atoms. The Labute approximate surface area is 272 Å². The number of amides is 2. The quantitative estimate of drug-likeness (QED) is 0.0763. The van der Waals surface area contributed by atoms with Crippen molar-refractivity contribution in [3.8, 4) is 0 Å². The van der Waals surface area contributed by atoms with Crippen molar-refractivity contribution in [2.24, 2.45) is 7.05 Å². The van der Waals surface area contributed by atoms with Crippen LogP contribution in [0.2, 0.25) is 0 Å². The Hall–Kier alpha value is -4.23. The van der Waals surface area contributed by atoms with Crippen molar-refractivity contribution in [1.82, 2.24) is 14.8 Å². The smallest absolute Gasteiger partial charge is 0.224 e. The van der Waals surface area contributed by atoms with Crippen LogP contribution in [0.1, 0.15) is 67.6 Å². The minimum Gasteiger partial charge on any atom is -0.397 e. The van der Waals surface area contributed by atoms with E-state index >= 15 is 0 Å². The predicted octanol–water partition coefficient (Wildman–Crippen LogP) is 5.76. The van der Waals surface area contributed by atoms with Gasteiger partial charge in [-0.15, -0.1) is 10.2 Å². The van der Waals surface area contributed by atoms with Gasteiger partial charge in [0.15, 0.2) is 11.4 Å². The topological polar surface area (TPSA) is 154 Å². The number of ether oxygens (including phenoxy) is 2. The van der Waals surface area contributed by atoms with Gasteiger partial charge in [-0.2, -0.15) is 0 Å². The summed E-state index contributed by atoms with van der Waals surface area (Å²) < 4.78 is 14.7. The van der Waals surface area contributed by atoms with Gasteiger partial charge in [0.2, 0.25) is 11.8 Å². The maximum atomic E-state index is 12.6. The number of nitrogen functional groups attached to an aromatic ring is 1. The van der Waals surface area contributed by atoms with Gasteiger partial charge in [0.05, 0.1) is 30.2 Å². The van der Waals surface area contributed by atoms with Crippen molar-refractivity contribution in [2.75, 3.05) is 22.1 Å². The Morgan fingerprint density at radius 3 is 2.30 bits per heavy atom. The van der Waals surface area contributed by atoms with E-state index in [4.69, 9.17) is 15.2 Å². The van der Waals surface area contributed by atoms with E-state index in [0.717, 1.165) is 28.3 Å². The second kappa shape index (κ2) is 16.4. The lowest BCUT2D eigenvalue weighted by molar-refractivity contribution is -0.245. The Morgan fingerprint density at radius 2 is 1.63 bits per heavy atom. The Kier molecular flexibility index (Phi) is 11.8. The molecule has 1 aromatic heterocycles. The van der Waals surface area contributed by atoms with Gasteiger partial charge in [-0.3, -0.25) is 9.59 Å². The number of carbonyl (C=O) groups is 2. The van der Waals surface area contributed by atoms with E-state index in [2.05, 4.69) is 20.8 Å². The van der Waals surface area contributed by atoms with E-state index < -0.39 is 6.29 Å². The van der Waals surface area contributed by atoms with Crippen LogP contribution in [0.15, 0.2) is 84.3 Å². The maximum Gasteiger partial charge on any atom is 0.224 e. The Balaban J connectivity index is 1.11. The second-order valence-electron chi connectivity index (χ2n) is 11.3. The van der Waals surface area contributed by atoms with Gasteiger partial charge in [0.25, 0.3) is 0 Å². The van der Waals surface area contributed by atoms with Crippen LogP contribution in [0.4, 0.5) is 17.1 Å². The summed E-state index contributed by atoms with van der Waals surface area (Å²) in [5, 5.41) is 24.2. The fourth-order valence-corrected chi connectivity index (χ4v) is 6.02. The van der Waals surface area contributed by atoms with E-state index in [1.54, 1.807) is 30.2 Å². The minimum absolute atomic E-state index is 0.0123. The first kappa shape index (κ1) is 33.1. The molecule has 3 aromatic carbocycles. The number of anilines is 3. The first-order valence-corrected chi connectivity index (χ1v) is 16.4. The fraction of sp³-hybridized carbons (Fsp3) is 0.353. The molecule has 0 unspecified atom stereocenters. The van der Waals surface area contributed by atoms with E-state index in [1.165, 1.54) is 0 Å². The summed E-state index contributed by atoms with van der Waals surface area (Å²) in [5.74, 6) is 0.513. The van der Waals surface area contributed by atoms with E-state index in [1.807, 2.05) is 72.3 Å². The van der Waals surface area contributed by atoms with E-state index in [0.29, 0.717) is 54.9 Å². The molecule has 0 aliphatic carbocycles. The third kappa shape index (κ3) is 9.39. The molecule has 11 nitrogen and oxygen atoms in total. The van der Waals surface area contributed by atoms with Gasteiger partial charge in [-0.1, -0.05) is 66.7 Å². The first-order valence-electron chi connectivity index (χ1n) is 15.4. The standard InChI is InChI=1S/C34H40N6O5S/c1-40-22-36-39-34(40)46-21-27-19-30(24-13-11-23(20-41)12-14-24)45-33(44-27)25-15-17-26(18-16-25)37-31(42)9-3-2-4-10-32(43)38-29-8-6-5-7-28(29)35/h5-8,11-18,22,27,30,33,41H,2-4,9-10,19-21,35H2,1H3,(H,37,42)(H,38,43)/t27-,30+,33+/m1/s1. The number of carbonyl (C=O) groups excluding carboxylic acids is 2. The zero-order valence-electron chi connectivity index (χ0n) is 25.8. The molecule has 2 amide bonds. The number of benzene rings is 3. The number of aliphatic hydroxyl groups is 1. The van der Waals surface area contributed by atoms with Crippen LogP contribution in [-0.4, -0.2) is 43.5 Å². The summed E-state index contributed by atoms with van der Waals surface area (Å²) in [6, 6.07) is 22.5. The lowest BCUT2D eigenvalue weighted by Gasteiger charge is -2.36. The normalized spacial score (nSPS) is 17.8. The molecule has 3 atom stereocenters. The summed E-state index contributed by atoms with van der Waals surface area (Å²) >= 11 is 1.59. The highest BCUT2D eigenvalue weighted by molar-refractivity contribution is 7.99. The number of aliphatic hydroxyl groups excluding tert-OH is 1. The Bertz CT molecular complexity index is 1580. The molecule has 5 rings (SSSR count). The van der Waals surface area contributed by atoms with Crippen LogP contribution in [-0.2, 0) is 32.7 Å². The van der Waals surface area contributed by atoms with Crippen LogP contribution in [0, 0.1) is 0 Å². The molecule has 2 heterocycles. The molecule has 0 saturated carbocycles. The van der Waals surface area contributed by atoms with Crippen LogP contribution >= 0.6 is 11.8 Å². The van der Waals surface area contributed by atoms with Gasteiger partial charge in [-0.05, 0) is 48.2 Å². The SMILES string of the molecule is Cn1cnnc1SC[C@H]1C[C@@H](c2ccc(CO)cc2)O[C@@H](c2ccc(NC(=O)CCCCCC(=O)Nc3ccccc3N)cc2)O1. The van der Waals surface area contributed by atoms with Crippen molar-refractivity contribution in [3.05, 3.63) is 95.8 Å². The molecule has 5 N–H and O–H groups in total. The van der Waals surface area contributed by atoms with Gasteiger partial charge in [0.1, 0.15) is 6.33 Å². The molecule has 1 saturated heterocycles. The number of nitrogens with zero attached hydrogens (tertiary/aromatic N) is 3. The van der Waals surface area contributed by atoms with Crippen LogP contribution in [0.25, 0.3) is 0 Å². The molecule has 12 heteroatoms. The number of para-hydroxylation sites is 2. The van der Waals surface area contributed by atoms with Crippen molar-refractivity contribution < 1.29 is 24.2 Å². The number of nitrogens with one attached hydrogen (secondary N) is 2. The number of hydrogen-bond acceptors (Lipinski definition) is 9. The van der Waals surface area contributed by atoms with E-state index in [-0.39, 0.29) is 30.6 Å². The molecule has 1 aliphatic heterocycles. The zero-order valence-corrected chi connectivity index (χ0v) is 26.6. The summed E-state index contributed by atoms with van der Waals surface area (Å²) in [5.41, 5.74) is 10.4. The van der Waals surface area contributed by atoms with Gasteiger partial charge < -0.3 is 35.5 Å². The number of aryl methyl sites for hydroxylation is 1. The number of aromatic nitrogens is 3. The lowest BCUT2D eigenvalue weighted by atomic mass is 10.0. The van der Waals surface area contributed by atoms with Crippen molar-refractivity contribution in [2.45, 2.75) is 68.8 Å². The monoisotopic (exact) mass is 644 g/mol. The largest absolute Gasteiger partial charge is 0.397 e. The molecule has 0 radical (unpaired) electrons. The van der Waals surface area contributed by atoms with Crippen LogP contribution in [0.5, 0.6) is 0 Å². The first-order chi connectivity index (χ1) is 22.4. The van der Waals surface area contributed by atoms with Gasteiger partial charge >= 0.3 is 0 Å². The highest BCUT2D eigenvalue weighted by Crippen LogP contribution is 2.39. The van der Waals surface area contributed by atoms with Gasteiger partial charge in [0, 0.05) is 43.3 Å². The Morgan fingerprint density at radius 1 is 0.935 bits per heavy atom. The van der Waals surface area contributed by atoms with Crippen LogP contribution < -0.4 is 16.4 Å². The minimum atomic E-state index is -0.596.